The van der Waals surface area contributed by atoms with Crippen molar-refractivity contribution >= 4 is 54.5 Å². The maximum atomic E-state index is 14.6. The van der Waals surface area contributed by atoms with Crippen LogP contribution >= 0.6 is 15.9 Å². The van der Waals surface area contributed by atoms with Crippen molar-refractivity contribution in [2.75, 3.05) is 18.0 Å². The van der Waals surface area contributed by atoms with Crippen molar-refractivity contribution in [2.24, 2.45) is 0 Å². The number of hydrogen-bond donors (Lipinski definition) is 2. The number of aliphatic hydroxyl groups is 1. The number of aliphatic hydroxyl groups excluding tert-OH is 1. The Bertz CT molecular complexity index is 2230. The highest BCUT2D eigenvalue weighted by atomic mass is 79.9. The highest BCUT2D eigenvalue weighted by Gasteiger charge is 2.30. The molecule has 50 heavy (non-hydrogen) atoms. The van der Waals surface area contributed by atoms with E-state index in [4.69, 9.17) is 4.98 Å². The average molecular weight is 755 g/mol. The molecule has 12 heteroatoms. The Balaban J connectivity index is 1.43. The molecule has 4 aromatic carbocycles. The molecule has 6 rings (SSSR count). The second-order valence-electron chi connectivity index (χ2n) is 12.0. The van der Waals surface area contributed by atoms with Crippen LogP contribution < -0.4 is 9.62 Å². The summed E-state index contributed by atoms with van der Waals surface area (Å²) in [6.45, 7) is 5.82. The summed E-state index contributed by atoms with van der Waals surface area (Å²) in [6, 6.07) is 24.1. The summed E-state index contributed by atoms with van der Waals surface area (Å²) >= 11 is 3.57. The molecule has 0 saturated carbocycles. The molecule has 0 radical (unpaired) electrons. The van der Waals surface area contributed by atoms with Crippen molar-refractivity contribution in [3.63, 3.8) is 0 Å². The maximum Gasteiger partial charge on any atom is 0.265 e. The lowest BCUT2D eigenvalue weighted by Crippen LogP contribution is -2.35. The van der Waals surface area contributed by atoms with Crippen LogP contribution in [0.3, 0.4) is 0 Å². The summed E-state index contributed by atoms with van der Waals surface area (Å²) in [5.74, 6) is -0.899. The zero-order valence-corrected chi connectivity index (χ0v) is 30.0. The van der Waals surface area contributed by atoms with Crippen LogP contribution in [0.5, 0.6) is 0 Å². The van der Waals surface area contributed by atoms with E-state index in [1.807, 2.05) is 36.4 Å². The van der Waals surface area contributed by atoms with Gasteiger partial charge in [-0.1, -0.05) is 74.5 Å². The third-order valence-corrected chi connectivity index (χ3v) is 10.5. The number of benzene rings is 4. The first-order chi connectivity index (χ1) is 24.1. The van der Waals surface area contributed by atoms with Crippen molar-refractivity contribution in [1.29, 1.82) is 0 Å². The number of amides is 2. The van der Waals surface area contributed by atoms with Gasteiger partial charge in [-0.2, -0.15) is 0 Å². The van der Waals surface area contributed by atoms with E-state index in [9.17, 15) is 23.1 Å². The van der Waals surface area contributed by atoms with Crippen LogP contribution in [0.4, 0.5) is 5.95 Å². The number of sulfonamides is 1. The quantitative estimate of drug-likeness (QED) is 0.141. The maximum absolute atomic E-state index is 14.6. The monoisotopic (exact) mass is 753 g/mol. The Labute approximate surface area is 299 Å². The van der Waals surface area contributed by atoms with Gasteiger partial charge in [0.05, 0.1) is 39.1 Å². The minimum Gasteiger partial charge on any atom is -0.514 e. The lowest BCUT2D eigenvalue weighted by molar-refractivity contribution is 0.0782. The first kappa shape index (κ1) is 34.8. The molecule has 0 unspecified atom stereocenters. The minimum absolute atomic E-state index is 0.0441. The van der Waals surface area contributed by atoms with Crippen LogP contribution in [0.25, 0.3) is 22.0 Å². The van der Waals surface area contributed by atoms with Crippen molar-refractivity contribution in [2.45, 2.75) is 44.6 Å². The van der Waals surface area contributed by atoms with Gasteiger partial charge in [0, 0.05) is 36.8 Å². The number of fused-ring (bicyclic) bond motifs is 2. The van der Waals surface area contributed by atoms with Crippen molar-refractivity contribution in [3.05, 3.63) is 130 Å². The molecule has 0 bridgehead atoms. The fourth-order valence-corrected chi connectivity index (χ4v) is 7.52. The van der Waals surface area contributed by atoms with E-state index < -0.39 is 21.8 Å². The van der Waals surface area contributed by atoms with E-state index in [0.29, 0.717) is 39.2 Å². The lowest BCUT2D eigenvalue weighted by Gasteiger charge is -2.31. The van der Waals surface area contributed by atoms with E-state index in [-0.39, 0.29) is 22.6 Å². The minimum atomic E-state index is -4.26. The molecule has 256 valence electrons. The van der Waals surface area contributed by atoms with Crippen LogP contribution in [0.1, 0.15) is 58.5 Å². The highest BCUT2D eigenvalue weighted by Crippen LogP contribution is 2.34. The highest BCUT2D eigenvalue weighted by molar-refractivity contribution is 9.10. The van der Waals surface area contributed by atoms with Gasteiger partial charge in [0.1, 0.15) is 0 Å². The molecule has 2 heterocycles. The predicted octanol–water partition coefficient (Wildman–Crippen LogP) is 7.40. The number of carbonyl (C=O) groups excluding carboxylic acids is 2. The second kappa shape index (κ2) is 14.8. The van der Waals surface area contributed by atoms with E-state index in [1.165, 1.54) is 29.2 Å². The van der Waals surface area contributed by atoms with Gasteiger partial charge in [-0.05, 0) is 74.9 Å². The van der Waals surface area contributed by atoms with Gasteiger partial charge in [0.2, 0.25) is 5.95 Å². The topological polar surface area (TPSA) is 133 Å². The van der Waals surface area contributed by atoms with Gasteiger partial charge in [-0.25, -0.2) is 23.1 Å². The number of allylic oxidation sites excluding steroid dienone is 1. The Kier molecular flexibility index (Phi) is 10.3. The van der Waals surface area contributed by atoms with Gasteiger partial charge < -0.3 is 14.9 Å². The molecular formula is C38H36BrN5O5S. The molecular weight excluding hydrogens is 718 g/mol. The third kappa shape index (κ3) is 7.12. The van der Waals surface area contributed by atoms with Crippen molar-refractivity contribution in [3.8, 4) is 11.3 Å². The molecule has 1 aliphatic rings. The first-order valence-electron chi connectivity index (χ1n) is 16.3. The Morgan fingerprint density at radius 1 is 0.940 bits per heavy atom. The van der Waals surface area contributed by atoms with Gasteiger partial charge in [-0.3, -0.25) is 9.59 Å². The number of nitrogens with zero attached hydrogens (tertiary/aromatic N) is 4. The summed E-state index contributed by atoms with van der Waals surface area (Å²) in [7, 11) is -4.26. The summed E-state index contributed by atoms with van der Waals surface area (Å²) in [4.78, 5) is 41.1. The van der Waals surface area contributed by atoms with Crippen molar-refractivity contribution < 1.29 is 23.1 Å². The Hall–Kier alpha value is -5.07. The number of nitrogens with one attached hydrogen (secondary N) is 1. The molecule has 0 saturated heterocycles. The molecule has 0 fully saturated rings. The van der Waals surface area contributed by atoms with Gasteiger partial charge in [0.15, 0.2) is 0 Å². The van der Waals surface area contributed by atoms with E-state index in [2.05, 4.69) is 44.4 Å². The summed E-state index contributed by atoms with van der Waals surface area (Å²) < 4.78 is 29.5. The number of aromatic nitrogens is 2. The van der Waals surface area contributed by atoms with Gasteiger partial charge in [-0.15, -0.1) is 0 Å². The van der Waals surface area contributed by atoms with Crippen LogP contribution in [0.15, 0.2) is 112 Å². The normalized spacial score (nSPS) is 13.7. The molecule has 10 nitrogen and oxygen atoms in total. The number of halogens is 1. The van der Waals surface area contributed by atoms with Crippen molar-refractivity contribution in [1.82, 2.24) is 19.6 Å². The Morgan fingerprint density at radius 2 is 1.64 bits per heavy atom. The van der Waals surface area contributed by atoms with Crippen LogP contribution in [-0.4, -0.2) is 53.3 Å². The predicted molar refractivity (Wildman–Crippen MR) is 197 cm³/mol. The SMILES string of the molecule is CCCN(CCC)c1ncc(Br)c(-c2ccc(C(=O)NS(=O)(=O)c3ccc4ccccc4c3)cc2C(=O)N2Cc3ccccc3C/C2=C\O)n1. The van der Waals surface area contributed by atoms with Crippen LogP contribution in [0.2, 0.25) is 0 Å². The molecule has 1 aliphatic heterocycles. The Morgan fingerprint density at radius 3 is 2.36 bits per heavy atom. The van der Waals surface area contributed by atoms with Crippen LogP contribution in [0, 0.1) is 0 Å². The third-order valence-electron chi connectivity index (χ3n) is 8.59. The second-order valence-corrected chi connectivity index (χ2v) is 14.6. The fourth-order valence-electron chi connectivity index (χ4n) is 6.10. The van der Waals surface area contributed by atoms with Crippen LogP contribution in [-0.2, 0) is 23.0 Å². The van der Waals surface area contributed by atoms with Gasteiger partial charge >= 0.3 is 0 Å². The summed E-state index contributed by atoms with van der Waals surface area (Å²) in [5, 5.41) is 11.8. The lowest BCUT2D eigenvalue weighted by atomic mass is 9.95. The molecule has 5 aromatic rings. The van der Waals surface area contributed by atoms with E-state index in [1.54, 1.807) is 30.5 Å². The standard InChI is InChI=1S/C38H36BrN5O5S/c1-3-17-43(18-4-2)38-40-22-34(39)35(41-38)32-16-14-28(36(46)42-50(48,49)31-15-13-25-9-5-6-11-27(25)20-31)21-33(32)37(47)44-23-29-12-8-7-10-26(29)19-30(44)24-45/h5-16,20-22,24,45H,3-4,17-19,23H2,1-2H3,(H,42,46)/b30-24+. The zero-order chi connectivity index (χ0) is 35.4. The molecule has 1 aromatic heterocycles. The number of carbonyl (C=O) groups is 2. The summed E-state index contributed by atoms with van der Waals surface area (Å²) in [5.41, 5.74) is 3.18. The molecule has 2 amide bonds. The molecule has 0 aliphatic carbocycles. The van der Waals surface area contributed by atoms with E-state index in [0.717, 1.165) is 48.7 Å². The number of hydrogen-bond acceptors (Lipinski definition) is 8. The molecule has 0 spiro atoms. The average Bonchev–Trinajstić information content (AvgIpc) is 3.13. The number of anilines is 1. The first-order valence-corrected chi connectivity index (χ1v) is 18.6. The zero-order valence-electron chi connectivity index (χ0n) is 27.6. The molecule has 2 N–H and O–H groups in total. The molecule has 0 atom stereocenters. The number of rotatable bonds is 10. The fraction of sp³-hybridized carbons (Fsp3) is 0.211. The largest absolute Gasteiger partial charge is 0.514 e. The smallest absolute Gasteiger partial charge is 0.265 e. The van der Waals surface area contributed by atoms with E-state index >= 15 is 0 Å². The summed E-state index contributed by atoms with van der Waals surface area (Å²) in [6.07, 6.45) is 4.65. The van der Waals surface area contributed by atoms with Gasteiger partial charge in [0.25, 0.3) is 21.8 Å².